The highest BCUT2D eigenvalue weighted by Crippen LogP contribution is 2.33. The molecule has 0 spiro atoms. The summed E-state index contributed by atoms with van der Waals surface area (Å²) in [6, 6.07) is 5.24. The Kier molecular flexibility index (Phi) is 7.83. The molecule has 0 aliphatic carbocycles. The summed E-state index contributed by atoms with van der Waals surface area (Å²) in [7, 11) is 3.10. The molecule has 3 heterocycles. The zero-order chi connectivity index (χ0) is 23.4. The molecule has 33 heavy (non-hydrogen) atoms. The number of thioether (sulfide) groups is 3. The van der Waals surface area contributed by atoms with E-state index in [1.54, 1.807) is 44.2 Å². The molecule has 0 saturated heterocycles. The van der Waals surface area contributed by atoms with Gasteiger partial charge in [-0.15, -0.1) is 22.0 Å². The molecule has 0 unspecified atom stereocenters. The minimum absolute atomic E-state index is 0.0709. The van der Waals surface area contributed by atoms with E-state index in [4.69, 9.17) is 14.5 Å². The first kappa shape index (κ1) is 23.9. The predicted molar refractivity (Wildman–Crippen MR) is 133 cm³/mol. The molecule has 0 saturated carbocycles. The third kappa shape index (κ3) is 5.31. The van der Waals surface area contributed by atoms with Gasteiger partial charge in [0.2, 0.25) is 11.0 Å². The van der Waals surface area contributed by atoms with Crippen molar-refractivity contribution in [1.29, 1.82) is 0 Å². The summed E-state index contributed by atoms with van der Waals surface area (Å²) in [5.74, 6) is 2.58. The van der Waals surface area contributed by atoms with Crippen LogP contribution in [0, 0.1) is 0 Å². The maximum atomic E-state index is 13.3. The minimum atomic E-state index is -0.243. The number of ether oxygens (including phenoxy) is 2. The summed E-state index contributed by atoms with van der Waals surface area (Å²) in [6.45, 7) is 2.03. The Morgan fingerprint density at radius 3 is 2.79 bits per heavy atom. The van der Waals surface area contributed by atoms with Gasteiger partial charge >= 0.3 is 0 Å². The molecule has 4 rings (SSSR count). The fourth-order valence-corrected chi connectivity index (χ4v) is 6.63. The first-order valence-corrected chi connectivity index (χ1v) is 13.7. The molecule has 9 nitrogen and oxygen atoms in total. The number of amides is 1. The third-order valence-electron chi connectivity index (χ3n) is 4.54. The van der Waals surface area contributed by atoms with E-state index in [0.717, 1.165) is 28.0 Å². The Bertz CT molecular complexity index is 1230. The van der Waals surface area contributed by atoms with Crippen molar-refractivity contribution in [2.75, 3.05) is 36.8 Å². The number of aryl methyl sites for hydroxylation is 1. The van der Waals surface area contributed by atoms with Crippen molar-refractivity contribution in [3.05, 3.63) is 34.2 Å². The van der Waals surface area contributed by atoms with E-state index < -0.39 is 0 Å². The second-order valence-electron chi connectivity index (χ2n) is 6.59. The summed E-state index contributed by atoms with van der Waals surface area (Å²) >= 11 is 5.61. The molecule has 1 aliphatic heterocycles. The smallest absolute Gasteiger partial charge is 0.272 e. The van der Waals surface area contributed by atoms with E-state index in [1.165, 1.54) is 39.4 Å². The maximum Gasteiger partial charge on any atom is 0.272 e. The van der Waals surface area contributed by atoms with Crippen LogP contribution in [0.4, 0.5) is 5.13 Å². The van der Waals surface area contributed by atoms with Crippen molar-refractivity contribution >= 4 is 57.7 Å². The number of carbonyl (C=O) groups excluding carboxylic acids is 1. The van der Waals surface area contributed by atoms with Gasteiger partial charge in [0, 0.05) is 18.2 Å². The van der Waals surface area contributed by atoms with Crippen molar-refractivity contribution in [1.82, 2.24) is 19.7 Å². The van der Waals surface area contributed by atoms with Gasteiger partial charge in [0.1, 0.15) is 0 Å². The second kappa shape index (κ2) is 10.8. The maximum absolute atomic E-state index is 13.3. The average Bonchev–Trinajstić information content (AvgIpc) is 3.47. The lowest BCUT2D eigenvalue weighted by Gasteiger charge is -2.15. The van der Waals surface area contributed by atoms with Crippen LogP contribution >= 0.6 is 46.6 Å². The Labute approximate surface area is 207 Å². The van der Waals surface area contributed by atoms with Crippen molar-refractivity contribution in [2.45, 2.75) is 27.7 Å². The number of benzene rings is 1. The number of hydrogen-bond donors (Lipinski definition) is 1. The van der Waals surface area contributed by atoms with Crippen LogP contribution in [0.2, 0.25) is 0 Å². The van der Waals surface area contributed by atoms with Gasteiger partial charge in [-0.3, -0.25) is 19.5 Å². The van der Waals surface area contributed by atoms with Crippen molar-refractivity contribution in [3.63, 3.8) is 0 Å². The quantitative estimate of drug-likeness (QED) is 0.254. The Hall–Kier alpha value is -2.22. The van der Waals surface area contributed by atoms with E-state index in [2.05, 4.69) is 15.5 Å². The molecular formula is C20H21N5O4S4. The molecule has 0 atom stereocenters. The average molecular weight is 524 g/mol. The number of nitrogens with one attached hydrogen (secondary N) is 1. The molecule has 1 aromatic carbocycles. The zero-order valence-corrected chi connectivity index (χ0v) is 21.4. The summed E-state index contributed by atoms with van der Waals surface area (Å²) in [5, 5.41) is 11.7. The van der Waals surface area contributed by atoms with Crippen LogP contribution in [0.15, 0.2) is 37.4 Å². The largest absolute Gasteiger partial charge is 0.493 e. The summed E-state index contributed by atoms with van der Waals surface area (Å²) in [4.78, 5) is 31.2. The lowest BCUT2D eigenvalue weighted by atomic mass is 10.2. The van der Waals surface area contributed by atoms with E-state index in [1.807, 2.05) is 6.92 Å². The monoisotopic (exact) mass is 523 g/mol. The van der Waals surface area contributed by atoms with Crippen molar-refractivity contribution < 1.29 is 14.3 Å². The molecule has 2 aromatic heterocycles. The summed E-state index contributed by atoms with van der Waals surface area (Å²) in [6.07, 6.45) is 0.727. The zero-order valence-electron chi connectivity index (χ0n) is 18.1. The number of anilines is 1. The van der Waals surface area contributed by atoms with Gasteiger partial charge in [0.15, 0.2) is 21.0 Å². The van der Waals surface area contributed by atoms with Crippen LogP contribution in [0.25, 0.3) is 5.69 Å². The molecule has 1 aliphatic rings. The lowest BCUT2D eigenvalue weighted by Crippen LogP contribution is -2.24. The highest BCUT2D eigenvalue weighted by molar-refractivity contribution is 8.01. The molecular weight excluding hydrogens is 503 g/mol. The molecule has 1 amide bonds. The van der Waals surface area contributed by atoms with Gasteiger partial charge in [0.05, 0.1) is 36.2 Å². The van der Waals surface area contributed by atoms with Gasteiger partial charge in [0.25, 0.3) is 5.56 Å². The van der Waals surface area contributed by atoms with Gasteiger partial charge in [-0.25, -0.2) is 4.98 Å². The number of nitrogens with zero attached hydrogens (tertiary/aromatic N) is 4. The van der Waals surface area contributed by atoms with Crippen LogP contribution in [0.3, 0.4) is 0 Å². The normalized spacial score (nSPS) is 12.5. The predicted octanol–water partition coefficient (Wildman–Crippen LogP) is 3.59. The molecule has 0 radical (unpaired) electrons. The standard InChI is InChI=1S/C20H21N5O4S4/c1-4-30-20-24-23-18(33-20)22-15(26)10-32-19-21-12-7-8-31-16(12)17(27)25(19)11-5-6-13(28-2)14(9-11)29-3/h5-6,9H,4,7-8,10H2,1-3H3,(H,22,23,26). The minimum Gasteiger partial charge on any atom is -0.493 e. The lowest BCUT2D eigenvalue weighted by molar-refractivity contribution is -0.113. The first-order chi connectivity index (χ1) is 16.0. The second-order valence-corrected chi connectivity index (χ2v) is 11.1. The highest BCUT2D eigenvalue weighted by Gasteiger charge is 2.24. The number of rotatable bonds is 9. The summed E-state index contributed by atoms with van der Waals surface area (Å²) < 4.78 is 13.0. The molecule has 13 heteroatoms. The van der Waals surface area contributed by atoms with E-state index in [0.29, 0.717) is 32.4 Å². The molecule has 0 fully saturated rings. The van der Waals surface area contributed by atoms with Crippen molar-refractivity contribution in [3.8, 4) is 17.2 Å². The van der Waals surface area contributed by atoms with Crippen molar-refractivity contribution in [2.24, 2.45) is 0 Å². The number of fused-ring (bicyclic) bond motifs is 1. The molecule has 0 bridgehead atoms. The van der Waals surface area contributed by atoms with Crippen LogP contribution < -0.4 is 20.3 Å². The van der Waals surface area contributed by atoms with E-state index in [9.17, 15) is 9.59 Å². The highest BCUT2D eigenvalue weighted by atomic mass is 32.2. The number of carbonyl (C=O) groups is 1. The summed E-state index contributed by atoms with van der Waals surface area (Å²) in [5.41, 5.74) is 1.21. The van der Waals surface area contributed by atoms with Gasteiger partial charge in [-0.2, -0.15) is 0 Å². The van der Waals surface area contributed by atoms with Gasteiger partial charge in [-0.05, 0) is 17.9 Å². The Balaban J connectivity index is 1.60. The van der Waals surface area contributed by atoms with E-state index >= 15 is 0 Å². The van der Waals surface area contributed by atoms with E-state index in [-0.39, 0.29) is 17.2 Å². The fourth-order valence-electron chi connectivity index (χ4n) is 3.11. The van der Waals surface area contributed by atoms with Gasteiger partial charge in [-0.1, -0.05) is 41.8 Å². The number of aromatic nitrogens is 4. The topological polar surface area (TPSA) is 108 Å². The van der Waals surface area contributed by atoms with Crippen LogP contribution in [0.5, 0.6) is 11.5 Å². The van der Waals surface area contributed by atoms with Crippen LogP contribution in [-0.2, 0) is 11.2 Å². The Morgan fingerprint density at radius 1 is 1.21 bits per heavy atom. The Morgan fingerprint density at radius 2 is 2.03 bits per heavy atom. The fraction of sp³-hybridized carbons (Fsp3) is 0.350. The van der Waals surface area contributed by atoms with Gasteiger partial charge < -0.3 is 9.47 Å². The third-order valence-corrected chi connectivity index (χ3v) is 8.44. The molecule has 3 aromatic rings. The number of hydrogen-bond acceptors (Lipinski definition) is 11. The first-order valence-electron chi connectivity index (χ1n) is 9.94. The SMILES string of the molecule is CCSc1nnc(NC(=O)CSc2nc3c(c(=O)n2-c2ccc(OC)c(OC)c2)SCC3)s1. The molecule has 174 valence electrons. The molecule has 1 N–H and O–H groups in total. The van der Waals surface area contributed by atoms with Crippen LogP contribution in [-0.4, -0.2) is 57.1 Å². The van der Waals surface area contributed by atoms with Crippen LogP contribution in [0.1, 0.15) is 12.6 Å². The number of methoxy groups -OCH3 is 2.